The van der Waals surface area contributed by atoms with Gasteiger partial charge in [-0.15, -0.1) is 0 Å². The van der Waals surface area contributed by atoms with Crippen LogP contribution in [-0.4, -0.2) is 75.2 Å². The van der Waals surface area contributed by atoms with Gasteiger partial charge in [0.15, 0.2) is 5.82 Å². The Bertz CT molecular complexity index is 1200. The molecule has 2 saturated heterocycles. The van der Waals surface area contributed by atoms with E-state index in [4.69, 9.17) is 11.6 Å². The smallest absolute Gasteiger partial charge is 0.322 e. The standard InChI is InChI=1S/C24H26ClN7O2.C2H6/c1-29(17-33)20-12-28-32(14-20)23(34)31-10-6-24(16-31)5-9-30(15-24)13-19-4-3-18(11-21(19)25)22-26-7-2-8-27-22;1-2/h2-4,7-8,11-12,14,17H,5-6,9-10,13,15-16H2,1H3;1-2H3. The first-order valence-electron chi connectivity index (χ1n) is 12.3. The number of nitrogens with zero attached hydrogens (tertiary/aromatic N) is 7. The van der Waals surface area contributed by atoms with Crippen molar-refractivity contribution in [1.82, 2.24) is 29.5 Å². The summed E-state index contributed by atoms with van der Waals surface area (Å²) in [5.74, 6) is 0.661. The van der Waals surface area contributed by atoms with Crippen molar-refractivity contribution in [2.24, 2.45) is 5.41 Å². The fourth-order valence-electron chi connectivity index (χ4n) is 4.90. The van der Waals surface area contributed by atoms with Crippen molar-refractivity contribution in [3.63, 3.8) is 0 Å². The average Bonchev–Trinajstić information content (AvgIpc) is 3.67. The molecule has 9 nitrogen and oxygen atoms in total. The van der Waals surface area contributed by atoms with E-state index in [0.717, 1.165) is 43.6 Å². The van der Waals surface area contributed by atoms with E-state index in [1.807, 2.05) is 30.9 Å². The van der Waals surface area contributed by atoms with Crippen LogP contribution in [0.25, 0.3) is 11.4 Å². The van der Waals surface area contributed by atoms with Crippen molar-refractivity contribution in [2.45, 2.75) is 33.2 Å². The number of aromatic nitrogens is 4. The van der Waals surface area contributed by atoms with E-state index in [1.165, 1.54) is 15.8 Å². The molecule has 2 aliphatic heterocycles. The zero-order chi connectivity index (χ0) is 25.7. The zero-order valence-electron chi connectivity index (χ0n) is 21.0. The lowest BCUT2D eigenvalue weighted by molar-refractivity contribution is -0.107. The van der Waals surface area contributed by atoms with Gasteiger partial charge < -0.3 is 9.80 Å². The van der Waals surface area contributed by atoms with Gasteiger partial charge >= 0.3 is 6.03 Å². The minimum absolute atomic E-state index is 0.0928. The Kier molecular flexibility index (Phi) is 8.01. The van der Waals surface area contributed by atoms with Gasteiger partial charge in [0.1, 0.15) is 0 Å². The highest BCUT2D eigenvalue weighted by Gasteiger charge is 2.45. The lowest BCUT2D eigenvalue weighted by Crippen LogP contribution is -2.36. The van der Waals surface area contributed by atoms with Crippen LogP contribution < -0.4 is 4.90 Å². The normalized spacial score (nSPS) is 19.3. The number of halogens is 1. The Morgan fingerprint density at radius 3 is 2.64 bits per heavy atom. The minimum atomic E-state index is -0.150. The lowest BCUT2D eigenvalue weighted by atomic mass is 9.86. The van der Waals surface area contributed by atoms with Crippen LogP contribution in [0.5, 0.6) is 0 Å². The molecule has 2 fully saturated rings. The molecule has 1 unspecified atom stereocenters. The summed E-state index contributed by atoms with van der Waals surface area (Å²) in [4.78, 5) is 38.2. The Balaban J connectivity index is 0.00000148. The molecule has 4 heterocycles. The van der Waals surface area contributed by atoms with Gasteiger partial charge in [-0.1, -0.05) is 37.6 Å². The molecule has 3 aromatic rings. The molecule has 1 atom stereocenters. The molecule has 1 spiro atoms. The molecule has 2 aromatic heterocycles. The number of carbonyl (C=O) groups excluding carboxylic acids is 2. The summed E-state index contributed by atoms with van der Waals surface area (Å²) >= 11 is 6.61. The van der Waals surface area contributed by atoms with Gasteiger partial charge in [0.25, 0.3) is 0 Å². The maximum Gasteiger partial charge on any atom is 0.344 e. The molecule has 1 aromatic carbocycles. The first-order valence-corrected chi connectivity index (χ1v) is 12.6. The quantitative estimate of drug-likeness (QED) is 0.479. The van der Waals surface area contributed by atoms with Crippen molar-refractivity contribution < 1.29 is 9.59 Å². The van der Waals surface area contributed by atoms with Gasteiger partial charge in [-0.05, 0) is 37.1 Å². The molecule has 5 rings (SSSR count). The Morgan fingerprint density at radius 1 is 1.17 bits per heavy atom. The predicted octanol–water partition coefficient (Wildman–Crippen LogP) is 4.18. The molecular formula is C26H32ClN7O2. The summed E-state index contributed by atoms with van der Waals surface area (Å²) in [5, 5.41) is 4.86. The van der Waals surface area contributed by atoms with E-state index in [0.29, 0.717) is 36.0 Å². The van der Waals surface area contributed by atoms with Crippen molar-refractivity contribution >= 4 is 29.7 Å². The highest BCUT2D eigenvalue weighted by molar-refractivity contribution is 6.31. The van der Waals surface area contributed by atoms with E-state index >= 15 is 0 Å². The largest absolute Gasteiger partial charge is 0.344 e. The zero-order valence-corrected chi connectivity index (χ0v) is 21.7. The second-order valence-electron chi connectivity index (χ2n) is 9.15. The highest BCUT2D eigenvalue weighted by atomic mass is 35.5. The van der Waals surface area contributed by atoms with Crippen LogP contribution >= 0.6 is 11.6 Å². The highest BCUT2D eigenvalue weighted by Crippen LogP contribution is 2.40. The maximum absolute atomic E-state index is 13.0. The molecule has 2 aliphatic rings. The SMILES string of the molecule is CC.CN(C=O)c1cnn(C(=O)N2CCC3(CCN(Cc4ccc(-c5ncccn5)cc4Cl)C3)C2)c1. The third-order valence-electron chi connectivity index (χ3n) is 6.83. The van der Waals surface area contributed by atoms with E-state index in [2.05, 4.69) is 26.0 Å². The molecule has 2 amide bonds. The number of benzene rings is 1. The van der Waals surface area contributed by atoms with Gasteiger partial charge in [0.2, 0.25) is 6.41 Å². The average molecular weight is 510 g/mol. The number of hydrogen-bond acceptors (Lipinski definition) is 6. The summed E-state index contributed by atoms with van der Waals surface area (Å²) in [6.45, 7) is 8.08. The van der Waals surface area contributed by atoms with Gasteiger partial charge in [-0.25, -0.2) is 14.8 Å². The summed E-state index contributed by atoms with van der Waals surface area (Å²) in [6, 6.07) is 7.63. The molecule has 0 bridgehead atoms. The fraction of sp³-hybridized carbons (Fsp3) is 0.423. The third-order valence-corrected chi connectivity index (χ3v) is 7.18. The molecular weight excluding hydrogens is 478 g/mol. The Hall–Kier alpha value is -3.30. The third kappa shape index (κ3) is 5.42. The summed E-state index contributed by atoms with van der Waals surface area (Å²) in [6.07, 6.45) is 9.26. The number of amides is 2. The molecule has 0 radical (unpaired) electrons. The first-order chi connectivity index (χ1) is 17.5. The second kappa shape index (κ2) is 11.2. The van der Waals surface area contributed by atoms with Crippen LogP contribution in [0, 0.1) is 5.41 Å². The van der Waals surface area contributed by atoms with Crippen molar-refractivity contribution in [1.29, 1.82) is 0 Å². The number of anilines is 1. The van der Waals surface area contributed by atoms with Crippen LogP contribution in [0.4, 0.5) is 10.5 Å². The monoisotopic (exact) mass is 509 g/mol. The van der Waals surface area contributed by atoms with Crippen LogP contribution in [0.2, 0.25) is 5.02 Å². The molecule has 0 saturated carbocycles. The lowest BCUT2D eigenvalue weighted by Gasteiger charge is -2.25. The summed E-state index contributed by atoms with van der Waals surface area (Å²) in [7, 11) is 1.63. The summed E-state index contributed by atoms with van der Waals surface area (Å²) in [5.41, 5.74) is 2.66. The van der Waals surface area contributed by atoms with Gasteiger partial charge in [-0.2, -0.15) is 9.78 Å². The summed E-state index contributed by atoms with van der Waals surface area (Å²) < 4.78 is 1.32. The predicted molar refractivity (Wildman–Crippen MR) is 140 cm³/mol. The Morgan fingerprint density at radius 2 is 1.92 bits per heavy atom. The number of likely N-dealkylation sites (tertiary alicyclic amines) is 2. The number of hydrogen-bond donors (Lipinski definition) is 0. The fourth-order valence-corrected chi connectivity index (χ4v) is 5.14. The van der Waals surface area contributed by atoms with Crippen LogP contribution in [0.15, 0.2) is 49.1 Å². The van der Waals surface area contributed by atoms with Crippen LogP contribution in [0.3, 0.4) is 0 Å². The maximum atomic E-state index is 13.0. The second-order valence-corrected chi connectivity index (χ2v) is 9.56. The topological polar surface area (TPSA) is 87.5 Å². The van der Waals surface area contributed by atoms with Gasteiger partial charge in [0.05, 0.1) is 18.1 Å². The number of carbonyl (C=O) groups is 2. The minimum Gasteiger partial charge on any atom is -0.322 e. The van der Waals surface area contributed by atoms with Crippen molar-refractivity contribution in [3.05, 3.63) is 59.6 Å². The van der Waals surface area contributed by atoms with Crippen molar-refractivity contribution in [2.75, 3.05) is 38.1 Å². The van der Waals surface area contributed by atoms with E-state index in [1.54, 1.807) is 31.7 Å². The van der Waals surface area contributed by atoms with Crippen molar-refractivity contribution in [3.8, 4) is 11.4 Å². The van der Waals surface area contributed by atoms with E-state index in [-0.39, 0.29) is 11.4 Å². The molecule has 190 valence electrons. The first kappa shape index (κ1) is 25.8. The number of rotatable bonds is 5. The molecule has 0 aliphatic carbocycles. The van der Waals surface area contributed by atoms with Gasteiger partial charge in [0, 0.05) is 61.6 Å². The van der Waals surface area contributed by atoms with Crippen LogP contribution in [0.1, 0.15) is 32.3 Å². The van der Waals surface area contributed by atoms with Crippen LogP contribution in [-0.2, 0) is 11.3 Å². The van der Waals surface area contributed by atoms with Gasteiger partial charge in [-0.3, -0.25) is 9.69 Å². The molecule has 36 heavy (non-hydrogen) atoms. The molecule has 10 heteroatoms. The molecule has 0 N–H and O–H groups in total. The Labute approximate surface area is 216 Å². The van der Waals surface area contributed by atoms with E-state index < -0.39 is 0 Å². The van der Waals surface area contributed by atoms with E-state index in [9.17, 15) is 9.59 Å².